The van der Waals surface area contributed by atoms with E-state index in [-0.39, 0.29) is 11.3 Å². The normalized spacial score (nSPS) is 11.4. The monoisotopic (exact) mass is 364 g/mol. The van der Waals surface area contributed by atoms with E-state index >= 15 is 0 Å². The Hall–Kier alpha value is -2.81. The number of pyridine rings is 1. The van der Waals surface area contributed by atoms with Crippen LogP contribution in [-0.2, 0) is 6.18 Å². The topological polar surface area (TPSA) is 67.8 Å². The van der Waals surface area contributed by atoms with Crippen molar-refractivity contribution in [2.45, 2.75) is 13.1 Å². The number of hydrogen-bond donors (Lipinski definition) is 1. The van der Waals surface area contributed by atoms with Gasteiger partial charge in [-0.25, -0.2) is 4.98 Å². The fraction of sp³-hybridized carbons (Fsp3) is 0.125. The summed E-state index contributed by atoms with van der Waals surface area (Å²) in [5.41, 5.74) is 1.15. The number of carbonyl (C=O) groups excluding carboxylic acids is 1. The molecule has 9 heteroatoms. The largest absolute Gasteiger partial charge is 0.433 e. The van der Waals surface area contributed by atoms with Gasteiger partial charge in [0.15, 0.2) is 0 Å². The number of amides is 1. The minimum atomic E-state index is -4.54. The van der Waals surface area contributed by atoms with Gasteiger partial charge in [-0.3, -0.25) is 4.79 Å². The van der Waals surface area contributed by atoms with Crippen LogP contribution in [0.3, 0.4) is 0 Å². The molecule has 0 saturated heterocycles. The first-order chi connectivity index (χ1) is 11.8. The summed E-state index contributed by atoms with van der Waals surface area (Å²) in [5.74, 6) is -0.526. The minimum absolute atomic E-state index is 0.0116. The van der Waals surface area contributed by atoms with E-state index in [1.807, 2.05) is 0 Å². The van der Waals surface area contributed by atoms with Crippen LogP contribution in [0.4, 0.5) is 18.9 Å². The summed E-state index contributed by atoms with van der Waals surface area (Å²) < 4.78 is 41.7. The summed E-state index contributed by atoms with van der Waals surface area (Å²) in [6, 6.07) is 8.81. The second-order valence-corrected chi connectivity index (χ2v) is 5.76. The Bertz CT molecular complexity index is 893. The molecular weight excluding hydrogens is 353 g/mol. The molecule has 0 aliphatic heterocycles. The molecule has 1 N–H and O–H groups in total. The van der Waals surface area contributed by atoms with Crippen molar-refractivity contribution in [3.63, 3.8) is 0 Å². The van der Waals surface area contributed by atoms with E-state index in [0.717, 1.165) is 23.4 Å². The highest BCUT2D eigenvalue weighted by molar-refractivity contribution is 7.03. The van der Waals surface area contributed by atoms with Crippen LogP contribution in [-0.4, -0.2) is 20.5 Å². The summed E-state index contributed by atoms with van der Waals surface area (Å²) >= 11 is 1.23. The molecular formula is C16H11F3N4OS. The maximum Gasteiger partial charge on any atom is 0.433 e. The van der Waals surface area contributed by atoms with E-state index in [0.29, 0.717) is 5.69 Å². The number of rotatable bonds is 3. The number of aromatic nitrogens is 3. The molecule has 0 spiro atoms. The van der Waals surface area contributed by atoms with E-state index in [2.05, 4.69) is 19.9 Å². The van der Waals surface area contributed by atoms with Crippen molar-refractivity contribution in [1.29, 1.82) is 0 Å². The van der Waals surface area contributed by atoms with Gasteiger partial charge in [0.25, 0.3) is 5.91 Å². The van der Waals surface area contributed by atoms with Gasteiger partial charge < -0.3 is 5.32 Å². The van der Waals surface area contributed by atoms with Crippen LogP contribution in [0.25, 0.3) is 11.3 Å². The Morgan fingerprint density at radius 1 is 1.12 bits per heavy atom. The van der Waals surface area contributed by atoms with Crippen LogP contribution in [0, 0.1) is 6.92 Å². The maximum atomic E-state index is 12.6. The molecule has 128 valence electrons. The van der Waals surface area contributed by atoms with Crippen molar-refractivity contribution in [3.05, 3.63) is 58.7 Å². The van der Waals surface area contributed by atoms with Crippen molar-refractivity contribution < 1.29 is 18.0 Å². The lowest BCUT2D eigenvalue weighted by atomic mass is 10.1. The van der Waals surface area contributed by atoms with Gasteiger partial charge in [-0.15, -0.1) is 5.10 Å². The number of anilines is 1. The maximum absolute atomic E-state index is 12.6. The van der Waals surface area contributed by atoms with Crippen molar-refractivity contribution in [1.82, 2.24) is 14.6 Å². The highest BCUT2D eigenvalue weighted by Crippen LogP contribution is 2.28. The summed E-state index contributed by atoms with van der Waals surface area (Å²) in [4.78, 5) is 15.7. The smallest absolute Gasteiger partial charge is 0.322 e. The highest BCUT2D eigenvalue weighted by atomic mass is 32.1. The SMILES string of the molecule is Cc1nc(C(F)(F)F)ccc1C(=O)Nc1ccc(-c2csnn2)cc1. The van der Waals surface area contributed by atoms with Crippen LogP contribution in [0.5, 0.6) is 0 Å². The Balaban J connectivity index is 1.76. The first kappa shape index (κ1) is 17.0. The molecule has 0 fully saturated rings. The average Bonchev–Trinajstić information content (AvgIpc) is 3.09. The lowest BCUT2D eigenvalue weighted by molar-refractivity contribution is -0.141. The van der Waals surface area contributed by atoms with Crippen LogP contribution >= 0.6 is 11.5 Å². The molecule has 25 heavy (non-hydrogen) atoms. The number of benzene rings is 1. The van der Waals surface area contributed by atoms with Crippen molar-refractivity contribution in [2.75, 3.05) is 5.32 Å². The fourth-order valence-electron chi connectivity index (χ4n) is 2.17. The predicted octanol–water partition coefficient (Wildman–Crippen LogP) is 4.18. The third-order valence-electron chi connectivity index (χ3n) is 3.42. The quantitative estimate of drug-likeness (QED) is 0.757. The zero-order chi connectivity index (χ0) is 18.0. The van der Waals surface area contributed by atoms with Crippen LogP contribution in [0.2, 0.25) is 0 Å². The highest BCUT2D eigenvalue weighted by Gasteiger charge is 2.33. The molecule has 0 unspecified atom stereocenters. The van der Waals surface area contributed by atoms with E-state index in [1.165, 1.54) is 18.5 Å². The van der Waals surface area contributed by atoms with Crippen molar-refractivity contribution in [2.24, 2.45) is 0 Å². The number of alkyl halides is 3. The lowest BCUT2D eigenvalue weighted by Crippen LogP contribution is -2.16. The third kappa shape index (κ3) is 3.82. The second kappa shape index (κ2) is 6.60. The number of halogens is 3. The van der Waals surface area contributed by atoms with Gasteiger partial charge >= 0.3 is 6.18 Å². The minimum Gasteiger partial charge on any atom is -0.322 e. The van der Waals surface area contributed by atoms with Gasteiger partial charge in [0, 0.05) is 16.6 Å². The Morgan fingerprint density at radius 2 is 1.84 bits per heavy atom. The second-order valence-electron chi connectivity index (χ2n) is 5.15. The molecule has 5 nitrogen and oxygen atoms in total. The molecule has 2 aromatic heterocycles. The van der Waals surface area contributed by atoms with Crippen molar-refractivity contribution >= 4 is 23.1 Å². The molecule has 0 saturated carbocycles. The zero-order valence-electron chi connectivity index (χ0n) is 12.8. The molecule has 3 rings (SSSR count). The number of nitrogens with one attached hydrogen (secondary N) is 1. The Kier molecular flexibility index (Phi) is 4.49. The summed E-state index contributed by atoms with van der Waals surface area (Å²) in [7, 11) is 0. The first-order valence-corrected chi connectivity index (χ1v) is 7.92. The molecule has 1 amide bonds. The van der Waals surface area contributed by atoms with Crippen LogP contribution < -0.4 is 5.32 Å². The summed E-state index contributed by atoms with van der Waals surface area (Å²) in [6.07, 6.45) is -4.54. The predicted molar refractivity (Wildman–Crippen MR) is 87.3 cm³/mol. The first-order valence-electron chi connectivity index (χ1n) is 7.08. The molecule has 0 radical (unpaired) electrons. The van der Waals surface area contributed by atoms with Crippen molar-refractivity contribution in [3.8, 4) is 11.3 Å². The van der Waals surface area contributed by atoms with Gasteiger partial charge in [-0.1, -0.05) is 16.6 Å². The third-order valence-corrected chi connectivity index (χ3v) is 3.92. The number of aryl methyl sites for hydroxylation is 1. The Labute approximate surface area is 144 Å². The van der Waals surface area contributed by atoms with E-state index in [4.69, 9.17) is 0 Å². The van der Waals surface area contributed by atoms with Crippen LogP contribution in [0.1, 0.15) is 21.7 Å². The van der Waals surface area contributed by atoms with E-state index in [1.54, 1.807) is 29.6 Å². The number of carbonyl (C=O) groups is 1. The molecule has 0 aliphatic rings. The number of hydrogen-bond acceptors (Lipinski definition) is 5. The average molecular weight is 364 g/mol. The zero-order valence-corrected chi connectivity index (χ0v) is 13.6. The van der Waals surface area contributed by atoms with Crippen LogP contribution in [0.15, 0.2) is 41.8 Å². The molecule has 0 bridgehead atoms. The molecule has 1 aromatic carbocycles. The molecule has 0 atom stereocenters. The Morgan fingerprint density at radius 3 is 2.40 bits per heavy atom. The van der Waals surface area contributed by atoms with E-state index in [9.17, 15) is 18.0 Å². The van der Waals surface area contributed by atoms with Gasteiger partial charge in [0.05, 0.1) is 11.3 Å². The van der Waals surface area contributed by atoms with Gasteiger partial charge in [-0.05, 0) is 42.7 Å². The van der Waals surface area contributed by atoms with E-state index < -0.39 is 17.8 Å². The van der Waals surface area contributed by atoms with Gasteiger partial charge in [-0.2, -0.15) is 13.2 Å². The van der Waals surface area contributed by atoms with Gasteiger partial charge in [0.2, 0.25) is 0 Å². The summed E-state index contributed by atoms with van der Waals surface area (Å²) in [6.45, 7) is 1.36. The fourth-order valence-corrected chi connectivity index (χ4v) is 2.64. The molecule has 2 heterocycles. The molecule has 0 aliphatic carbocycles. The number of nitrogens with zero attached hydrogens (tertiary/aromatic N) is 3. The van der Waals surface area contributed by atoms with Gasteiger partial charge in [0.1, 0.15) is 11.4 Å². The summed E-state index contributed by atoms with van der Waals surface area (Å²) in [5, 5.41) is 8.38. The standard InChI is InChI=1S/C16H11F3N4OS/c1-9-12(6-7-14(20-9)16(17,18)19)15(24)21-11-4-2-10(3-5-11)13-8-25-23-22-13/h2-8H,1H3,(H,21,24). The lowest BCUT2D eigenvalue weighted by Gasteiger charge is -2.10. The molecule has 3 aromatic rings.